The van der Waals surface area contributed by atoms with E-state index in [1.165, 1.54) is 19.3 Å². The molecule has 1 fully saturated rings. The van der Waals surface area contributed by atoms with Crippen LogP contribution in [0.25, 0.3) is 0 Å². The summed E-state index contributed by atoms with van der Waals surface area (Å²) in [7, 11) is -3.48. The van der Waals surface area contributed by atoms with Crippen LogP contribution in [-0.2, 0) is 10.0 Å². The van der Waals surface area contributed by atoms with Gasteiger partial charge in [-0.25, -0.2) is 13.1 Å². The molecule has 2 heterocycles. The lowest BCUT2D eigenvalue weighted by Gasteiger charge is -2.32. The number of hydrogen-bond acceptors (Lipinski definition) is 4. The highest BCUT2D eigenvalue weighted by Crippen LogP contribution is 2.17. The number of likely N-dealkylation sites (tertiary alicyclic amines) is 1. The fourth-order valence-electron chi connectivity index (χ4n) is 2.73. The monoisotopic (exact) mass is 300 g/mol. The average Bonchev–Trinajstić information content (AvgIpc) is 2.77. The van der Waals surface area contributed by atoms with Crippen molar-refractivity contribution in [1.82, 2.24) is 19.8 Å². The summed E-state index contributed by atoms with van der Waals surface area (Å²) in [4.78, 5) is 2.63. The van der Waals surface area contributed by atoms with Crippen LogP contribution < -0.4 is 4.72 Å². The van der Waals surface area contributed by atoms with Gasteiger partial charge >= 0.3 is 0 Å². The van der Waals surface area contributed by atoms with Crippen LogP contribution in [0, 0.1) is 13.8 Å². The van der Waals surface area contributed by atoms with Gasteiger partial charge < -0.3 is 0 Å². The van der Waals surface area contributed by atoms with Gasteiger partial charge in [0, 0.05) is 12.6 Å². The summed E-state index contributed by atoms with van der Waals surface area (Å²) < 4.78 is 27.4. The number of piperidine rings is 1. The minimum absolute atomic E-state index is 0.220. The number of aromatic nitrogens is 2. The predicted octanol–water partition coefficient (Wildman–Crippen LogP) is 1.18. The van der Waals surface area contributed by atoms with Crippen LogP contribution in [-0.4, -0.2) is 49.2 Å². The molecule has 1 saturated heterocycles. The van der Waals surface area contributed by atoms with Crippen molar-refractivity contribution in [3.8, 4) is 0 Å². The highest BCUT2D eigenvalue weighted by molar-refractivity contribution is 7.89. The molecule has 0 spiro atoms. The van der Waals surface area contributed by atoms with Crippen molar-refractivity contribution >= 4 is 10.0 Å². The molecule has 1 atom stereocenters. The Balaban J connectivity index is 1.99. The van der Waals surface area contributed by atoms with E-state index in [-0.39, 0.29) is 10.9 Å². The standard InChI is InChI=1S/C13H24N4O2S/c1-10(17-7-5-4-6-8-17)9-14-20(18,19)13-11(2)15-16-12(13)3/h10,14H,4-9H2,1-3H3,(H,15,16). The molecular formula is C13H24N4O2S. The van der Waals surface area contributed by atoms with E-state index < -0.39 is 10.0 Å². The molecule has 0 aliphatic carbocycles. The lowest BCUT2D eigenvalue weighted by molar-refractivity contribution is 0.175. The molecule has 1 aliphatic rings. The molecule has 0 saturated carbocycles. The summed E-state index contributed by atoms with van der Waals surface area (Å²) in [5, 5.41) is 6.66. The highest BCUT2D eigenvalue weighted by atomic mass is 32.2. The number of rotatable bonds is 5. The van der Waals surface area contributed by atoms with E-state index in [1.54, 1.807) is 13.8 Å². The second-order valence-electron chi connectivity index (χ2n) is 5.56. The summed E-state index contributed by atoms with van der Waals surface area (Å²) in [5.41, 5.74) is 1.10. The summed E-state index contributed by atoms with van der Waals surface area (Å²) >= 11 is 0. The third kappa shape index (κ3) is 3.39. The number of sulfonamides is 1. The van der Waals surface area contributed by atoms with Crippen LogP contribution in [0.4, 0.5) is 0 Å². The second-order valence-corrected chi connectivity index (χ2v) is 7.26. The van der Waals surface area contributed by atoms with Crippen molar-refractivity contribution in [2.45, 2.75) is 51.0 Å². The first-order valence-electron chi connectivity index (χ1n) is 7.17. The molecule has 1 unspecified atom stereocenters. The summed E-state index contributed by atoms with van der Waals surface area (Å²) in [6.07, 6.45) is 3.69. The van der Waals surface area contributed by atoms with E-state index in [0.29, 0.717) is 17.9 Å². The first kappa shape index (κ1) is 15.5. The van der Waals surface area contributed by atoms with Crippen LogP contribution >= 0.6 is 0 Å². The zero-order valence-corrected chi connectivity index (χ0v) is 13.3. The molecular weight excluding hydrogens is 276 g/mol. The third-order valence-corrected chi connectivity index (χ3v) is 5.60. The first-order valence-corrected chi connectivity index (χ1v) is 8.65. The largest absolute Gasteiger partial charge is 0.299 e. The lowest BCUT2D eigenvalue weighted by Crippen LogP contribution is -2.44. The van der Waals surface area contributed by atoms with Crippen molar-refractivity contribution in [2.75, 3.05) is 19.6 Å². The van der Waals surface area contributed by atoms with Gasteiger partial charge in [0.2, 0.25) is 10.0 Å². The van der Waals surface area contributed by atoms with Gasteiger partial charge in [0.25, 0.3) is 0 Å². The van der Waals surface area contributed by atoms with Gasteiger partial charge in [-0.05, 0) is 46.7 Å². The second kappa shape index (κ2) is 6.24. The molecule has 0 radical (unpaired) electrons. The van der Waals surface area contributed by atoms with Gasteiger partial charge in [-0.2, -0.15) is 5.10 Å². The Kier molecular flexibility index (Phi) is 4.82. The maximum atomic E-state index is 12.3. The van der Waals surface area contributed by atoms with Gasteiger partial charge in [0.15, 0.2) is 0 Å². The topological polar surface area (TPSA) is 78.1 Å². The van der Waals surface area contributed by atoms with Gasteiger partial charge in [-0.3, -0.25) is 10.00 Å². The SMILES string of the molecule is Cc1n[nH]c(C)c1S(=O)(=O)NCC(C)N1CCCCC1. The molecule has 0 aromatic carbocycles. The van der Waals surface area contributed by atoms with E-state index in [9.17, 15) is 8.42 Å². The van der Waals surface area contributed by atoms with Crippen molar-refractivity contribution in [3.05, 3.63) is 11.4 Å². The van der Waals surface area contributed by atoms with E-state index in [1.807, 2.05) is 0 Å². The quantitative estimate of drug-likeness (QED) is 0.856. The number of nitrogens with one attached hydrogen (secondary N) is 2. The third-order valence-electron chi connectivity index (χ3n) is 3.91. The average molecular weight is 300 g/mol. The Bertz CT molecular complexity index is 527. The minimum Gasteiger partial charge on any atom is -0.299 e. The first-order chi connectivity index (χ1) is 9.42. The smallest absolute Gasteiger partial charge is 0.244 e. The van der Waals surface area contributed by atoms with Gasteiger partial charge in [-0.1, -0.05) is 6.42 Å². The molecule has 0 bridgehead atoms. The number of nitrogens with zero attached hydrogens (tertiary/aromatic N) is 2. The van der Waals surface area contributed by atoms with Crippen LogP contribution in [0.15, 0.2) is 4.90 Å². The minimum atomic E-state index is -3.48. The predicted molar refractivity (Wildman–Crippen MR) is 78.1 cm³/mol. The van der Waals surface area contributed by atoms with Crippen LogP contribution in [0.2, 0.25) is 0 Å². The van der Waals surface area contributed by atoms with Crippen molar-refractivity contribution in [1.29, 1.82) is 0 Å². The molecule has 1 aromatic heterocycles. The number of aromatic amines is 1. The van der Waals surface area contributed by atoms with Crippen LogP contribution in [0.1, 0.15) is 37.6 Å². The summed E-state index contributed by atoms with van der Waals surface area (Å²) in [5.74, 6) is 0. The number of H-pyrrole nitrogens is 1. The molecule has 114 valence electrons. The van der Waals surface area contributed by atoms with Crippen molar-refractivity contribution in [3.63, 3.8) is 0 Å². The number of hydrogen-bond donors (Lipinski definition) is 2. The van der Waals surface area contributed by atoms with E-state index in [0.717, 1.165) is 13.1 Å². The fourth-order valence-corrected chi connectivity index (χ4v) is 4.22. The maximum absolute atomic E-state index is 12.3. The maximum Gasteiger partial charge on any atom is 0.244 e. The van der Waals surface area contributed by atoms with Crippen molar-refractivity contribution < 1.29 is 8.42 Å². The van der Waals surface area contributed by atoms with E-state index in [2.05, 4.69) is 26.7 Å². The van der Waals surface area contributed by atoms with Crippen molar-refractivity contribution in [2.24, 2.45) is 0 Å². The highest BCUT2D eigenvalue weighted by Gasteiger charge is 2.24. The Labute approximate surface area is 121 Å². The van der Waals surface area contributed by atoms with Gasteiger partial charge in [0.1, 0.15) is 4.90 Å². The molecule has 7 heteroatoms. The molecule has 2 N–H and O–H groups in total. The summed E-state index contributed by atoms with van der Waals surface area (Å²) in [6, 6.07) is 0.220. The van der Waals surface area contributed by atoms with Crippen LogP contribution in [0.3, 0.4) is 0 Å². The van der Waals surface area contributed by atoms with Crippen LogP contribution in [0.5, 0.6) is 0 Å². The normalized spacial score (nSPS) is 19.1. The van der Waals surface area contributed by atoms with E-state index in [4.69, 9.17) is 0 Å². The fraction of sp³-hybridized carbons (Fsp3) is 0.769. The Morgan fingerprint density at radius 2 is 1.95 bits per heavy atom. The van der Waals surface area contributed by atoms with Gasteiger partial charge in [-0.15, -0.1) is 0 Å². The molecule has 1 aliphatic heterocycles. The Hall–Kier alpha value is -0.920. The zero-order valence-electron chi connectivity index (χ0n) is 12.4. The Morgan fingerprint density at radius 1 is 1.30 bits per heavy atom. The number of aryl methyl sites for hydroxylation is 2. The lowest BCUT2D eigenvalue weighted by atomic mass is 10.1. The molecule has 2 rings (SSSR count). The molecule has 20 heavy (non-hydrogen) atoms. The molecule has 0 amide bonds. The summed E-state index contributed by atoms with van der Waals surface area (Å²) in [6.45, 7) is 8.06. The van der Waals surface area contributed by atoms with E-state index >= 15 is 0 Å². The molecule has 1 aromatic rings. The molecule has 6 nitrogen and oxygen atoms in total. The Morgan fingerprint density at radius 3 is 2.50 bits per heavy atom. The van der Waals surface area contributed by atoms with Gasteiger partial charge in [0.05, 0.1) is 11.4 Å². The zero-order chi connectivity index (χ0) is 14.8.